The van der Waals surface area contributed by atoms with Gasteiger partial charge in [0.25, 0.3) is 0 Å². The van der Waals surface area contributed by atoms with Crippen molar-refractivity contribution in [3.8, 4) is 5.75 Å². The summed E-state index contributed by atoms with van der Waals surface area (Å²) in [5, 5.41) is 7.65. The number of hydrogen-bond donors (Lipinski definition) is 4. The molecule has 0 bridgehead atoms. The van der Waals surface area contributed by atoms with Crippen molar-refractivity contribution in [1.82, 2.24) is 25.8 Å². The molecular formula is C73H134N6O13Si6. The van der Waals surface area contributed by atoms with Crippen molar-refractivity contribution in [2.45, 2.75) is 334 Å². The van der Waals surface area contributed by atoms with Gasteiger partial charge in [-0.25, -0.2) is 4.79 Å². The number of alkyl carbamates (subject to hydrolysis) is 1. The molecular weight excluding hydrogens is 1340 g/mol. The number of primary amides is 1. The van der Waals surface area contributed by atoms with Crippen LogP contribution in [-0.4, -0.2) is 169 Å². The van der Waals surface area contributed by atoms with Gasteiger partial charge in [-0.05, 0) is 152 Å². The lowest BCUT2D eigenvalue weighted by Crippen LogP contribution is -2.65. The zero-order valence-corrected chi connectivity index (χ0v) is 72.9. The van der Waals surface area contributed by atoms with Crippen molar-refractivity contribution in [3.05, 3.63) is 65.7 Å². The first-order chi connectivity index (χ1) is 44.0. The summed E-state index contributed by atoms with van der Waals surface area (Å²) in [6.45, 7) is 68.8. The minimum absolute atomic E-state index is 0.0305. The Balaban J connectivity index is 2.08. The zero-order valence-electron chi connectivity index (χ0n) is 66.9. The number of carbonyl (C=O) groups excluding carboxylic acids is 6. The minimum Gasteiger partial charge on any atom is -0.544 e. The largest absolute Gasteiger partial charge is 0.544 e. The first-order valence-electron chi connectivity index (χ1n) is 35.6. The molecule has 558 valence electrons. The number of carbonyl (C=O) groups is 6. The molecule has 2 aliphatic rings. The second kappa shape index (κ2) is 31.5. The van der Waals surface area contributed by atoms with Crippen LogP contribution in [0.5, 0.6) is 5.75 Å². The number of hydrogen-bond acceptors (Lipinski definition) is 13. The molecule has 0 aliphatic carbocycles. The maximum atomic E-state index is 16.6. The molecule has 6 amide bonds. The molecule has 2 heterocycles. The third-order valence-electron chi connectivity index (χ3n) is 23.2. The Labute approximate surface area is 598 Å². The lowest BCUT2D eigenvalue weighted by atomic mass is 9.99. The van der Waals surface area contributed by atoms with E-state index < -0.39 is 151 Å². The number of nitrogens with one attached hydrogen (secondary N) is 3. The highest BCUT2D eigenvalue weighted by Crippen LogP contribution is 2.45. The highest BCUT2D eigenvalue weighted by molar-refractivity contribution is 6.76. The molecule has 2 aromatic carbocycles. The van der Waals surface area contributed by atoms with E-state index in [1.54, 1.807) is 13.8 Å². The second-order valence-electron chi connectivity index (χ2n) is 37.4. The van der Waals surface area contributed by atoms with Gasteiger partial charge in [-0.1, -0.05) is 174 Å². The smallest absolute Gasteiger partial charge is 0.408 e. The van der Waals surface area contributed by atoms with Gasteiger partial charge in [0, 0.05) is 25.4 Å². The Morgan fingerprint density at radius 2 is 0.939 bits per heavy atom. The van der Waals surface area contributed by atoms with Crippen LogP contribution in [0.15, 0.2) is 54.6 Å². The van der Waals surface area contributed by atoms with E-state index >= 15 is 19.2 Å². The highest BCUT2D eigenvalue weighted by atomic mass is 28.4. The topological polar surface area (TPSA) is 236 Å². The molecule has 2 aliphatic heterocycles. The van der Waals surface area contributed by atoms with Crippen molar-refractivity contribution < 1.29 is 60.1 Å². The van der Waals surface area contributed by atoms with Gasteiger partial charge in [-0.3, -0.25) is 24.0 Å². The maximum Gasteiger partial charge on any atom is 0.408 e. The summed E-state index contributed by atoms with van der Waals surface area (Å²) in [6, 6.07) is 10.2. The number of benzene rings is 2. The molecule has 19 nitrogen and oxygen atoms in total. The number of nitrogens with zero attached hydrogens (tertiary/aromatic N) is 2. The van der Waals surface area contributed by atoms with Gasteiger partial charge < -0.3 is 62.8 Å². The first-order valence-corrected chi connectivity index (χ1v) is 53.1. The van der Waals surface area contributed by atoms with Crippen LogP contribution in [0.1, 0.15) is 163 Å². The molecule has 0 aromatic heterocycles. The predicted molar refractivity (Wildman–Crippen MR) is 411 cm³/mol. The maximum absolute atomic E-state index is 16.6. The summed E-state index contributed by atoms with van der Waals surface area (Å²) in [5.74, 6) is -3.02. The van der Waals surface area contributed by atoms with Crippen molar-refractivity contribution in [2.75, 3.05) is 13.1 Å². The quantitative estimate of drug-likeness (QED) is 0.0610. The van der Waals surface area contributed by atoms with E-state index in [2.05, 4.69) is 219 Å². The zero-order chi connectivity index (χ0) is 75.7. The Hall–Kier alpha value is -4.04. The molecule has 98 heavy (non-hydrogen) atoms. The van der Waals surface area contributed by atoms with E-state index in [1.807, 2.05) is 61.5 Å². The Kier molecular flexibility index (Phi) is 27.8. The SMILES string of the molecule is CC(O[Si](C)(C)C(C)(C)C)[C@H](NC(=O)[C@@H](NC(=O)[C@@H]1C[C@@H](O[Si](C)(C)C(C)(C)C)CN1C(=O)[C@@H](NC(=O)OCc1ccccc1)C(C)O[Si](C)(C)C(C)(C)C)[C@@H](Cc1ccc(O[Si](C)(C)C(C)(C)C)cc1)O[Si](C)(C)C(C)(C)C)C(=O)N1C[C@H](C)[C@H](O[Si](C)(C)C(C)(C)C)[C@H]1C(N)=O. The fourth-order valence-corrected chi connectivity index (χ4v) is 18.6. The number of rotatable bonds is 27. The molecule has 5 N–H and O–H groups in total. The first kappa shape index (κ1) is 86.4. The van der Waals surface area contributed by atoms with Crippen molar-refractivity contribution in [1.29, 1.82) is 0 Å². The monoisotopic (exact) mass is 1470 g/mol. The van der Waals surface area contributed by atoms with Crippen LogP contribution in [-0.2, 0) is 63.9 Å². The average molecular weight is 1470 g/mol. The number of ether oxygens (including phenoxy) is 1. The summed E-state index contributed by atoms with van der Waals surface area (Å²) in [5.41, 5.74) is 7.88. The summed E-state index contributed by atoms with van der Waals surface area (Å²) in [7, 11) is -15.8. The van der Waals surface area contributed by atoms with Crippen molar-refractivity contribution in [2.24, 2.45) is 11.7 Å². The second-order valence-corrected chi connectivity index (χ2v) is 65.9. The van der Waals surface area contributed by atoms with Crippen LogP contribution < -0.4 is 26.1 Å². The predicted octanol–water partition coefficient (Wildman–Crippen LogP) is 14.8. The summed E-state index contributed by atoms with van der Waals surface area (Å²) in [6.07, 6.45) is -5.13. The molecule has 2 unspecified atom stereocenters. The molecule has 2 saturated heterocycles. The number of amides is 6. The summed E-state index contributed by atoms with van der Waals surface area (Å²) < 4.78 is 48.2. The van der Waals surface area contributed by atoms with Gasteiger partial charge in [0.1, 0.15) is 42.6 Å². The van der Waals surface area contributed by atoms with Gasteiger partial charge in [0.2, 0.25) is 37.9 Å². The Morgan fingerprint density at radius 3 is 1.39 bits per heavy atom. The fourth-order valence-electron chi connectivity index (χ4n) is 10.6. The molecule has 2 aromatic rings. The lowest BCUT2D eigenvalue weighted by molar-refractivity contribution is -0.145. The summed E-state index contributed by atoms with van der Waals surface area (Å²) >= 11 is 0. The molecule has 0 radical (unpaired) electrons. The third-order valence-corrected chi connectivity index (χ3v) is 50.2. The van der Waals surface area contributed by atoms with E-state index in [0.29, 0.717) is 5.75 Å². The molecule has 0 saturated carbocycles. The molecule has 11 atom stereocenters. The van der Waals surface area contributed by atoms with Gasteiger partial charge in [0.05, 0.1) is 30.5 Å². The normalized spacial score (nSPS) is 21.0. The van der Waals surface area contributed by atoms with E-state index in [4.69, 9.17) is 37.0 Å². The Morgan fingerprint density at radius 1 is 0.510 bits per heavy atom. The molecule has 0 spiro atoms. The van der Waals surface area contributed by atoms with Crippen LogP contribution in [0, 0.1) is 5.92 Å². The molecule has 4 rings (SSSR count). The number of likely N-dealkylation sites (tertiary alicyclic amines) is 2. The minimum atomic E-state index is -2.95. The Bertz CT molecular complexity index is 3050. The van der Waals surface area contributed by atoms with Crippen LogP contribution in [0.4, 0.5) is 4.79 Å². The van der Waals surface area contributed by atoms with E-state index in [9.17, 15) is 9.59 Å². The molecule has 2 fully saturated rings. The van der Waals surface area contributed by atoms with Gasteiger partial charge >= 0.3 is 6.09 Å². The van der Waals surface area contributed by atoms with Crippen molar-refractivity contribution in [3.63, 3.8) is 0 Å². The van der Waals surface area contributed by atoms with E-state index in [1.165, 1.54) is 9.80 Å². The number of nitrogens with two attached hydrogens (primary N) is 1. The van der Waals surface area contributed by atoms with E-state index in [0.717, 1.165) is 11.1 Å². The van der Waals surface area contributed by atoms with Crippen LogP contribution in [0.3, 0.4) is 0 Å². The average Bonchev–Trinajstić information content (AvgIpc) is 1.67. The third kappa shape index (κ3) is 21.8. The van der Waals surface area contributed by atoms with Crippen molar-refractivity contribution >= 4 is 85.5 Å². The fraction of sp³-hybridized carbons (Fsp3) is 0.753. The standard InChI is InChI=1S/C73H134N6O13Si6/c1-48-45-79(60(62(74)80)61(48)92-98(32,33)73(19,20)21)66(84)57(49(2)87-93(22,23)68(4,5)6)75-64(82)59(56(91-97(30,31)72(16,17)18)43-51-39-41-53(42-40-51)89-95(26,27)70(10,11)12)76-63(81)55-44-54(90-96(28,29)71(13,14)15)46-78(55)65(83)58(50(3)88-94(24,25)69(7,8)9)77-67(85)86-47-52-37-35-34-36-38-52/h34-42,48-50,54-61H,43-47H2,1-33H3,(H2,74,80)(H,75,82)(H,76,81)(H,77,85)/t48-,49?,50?,54+,55-,56+,57-,58-,59-,60-,61-/m0/s1. The van der Waals surface area contributed by atoms with E-state index in [-0.39, 0.29) is 63.6 Å². The van der Waals surface area contributed by atoms with Gasteiger partial charge in [-0.2, -0.15) is 0 Å². The molecule has 25 heteroatoms. The van der Waals surface area contributed by atoms with Crippen LogP contribution in [0.2, 0.25) is 109 Å². The van der Waals surface area contributed by atoms with Crippen LogP contribution in [0.25, 0.3) is 0 Å². The van der Waals surface area contributed by atoms with Gasteiger partial charge in [-0.15, -0.1) is 0 Å². The van der Waals surface area contributed by atoms with Crippen LogP contribution >= 0.6 is 0 Å². The van der Waals surface area contributed by atoms with Gasteiger partial charge in [0.15, 0.2) is 41.6 Å². The summed E-state index contributed by atoms with van der Waals surface area (Å²) in [4.78, 5) is 96.1. The highest BCUT2D eigenvalue weighted by Gasteiger charge is 2.55. The lowest BCUT2D eigenvalue weighted by Gasteiger charge is -2.43.